The summed E-state index contributed by atoms with van der Waals surface area (Å²) in [7, 11) is 0. The molecule has 0 unspecified atom stereocenters. The number of benzene rings is 1. The van der Waals surface area contributed by atoms with E-state index in [1.807, 2.05) is 0 Å². The lowest BCUT2D eigenvalue weighted by molar-refractivity contribution is 0.629. The molecule has 2 aromatic rings. The van der Waals surface area contributed by atoms with Gasteiger partial charge in [-0.2, -0.15) is 0 Å². The highest BCUT2D eigenvalue weighted by Gasteiger charge is 2.14. The van der Waals surface area contributed by atoms with E-state index in [1.165, 1.54) is 12.1 Å². The Labute approximate surface area is 98.3 Å². The maximum Gasteiger partial charge on any atom is 0.223 e. The number of fused-ring (bicyclic) bond motifs is 1. The zero-order chi connectivity index (χ0) is 11.7. The molecule has 2 heterocycles. The minimum atomic E-state index is -0.262. The highest BCUT2D eigenvalue weighted by molar-refractivity contribution is 5.78. The summed E-state index contributed by atoms with van der Waals surface area (Å²) in [5.41, 5.74) is 0.759. The van der Waals surface area contributed by atoms with Gasteiger partial charge in [-0.25, -0.2) is 14.4 Å². The Balaban J connectivity index is 1.88. The molecule has 0 amide bonds. The van der Waals surface area contributed by atoms with Crippen LogP contribution in [0.15, 0.2) is 24.4 Å². The average Bonchev–Trinajstić information content (AvgIpc) is 2.82. The van der Waals surface area contributed by atoms with Crippen LogP contribution in [-0.4, -0.2) is 29.1 Å². The largest absolute Gasteiger partial charge is 0.350 e. The molecule has 3 rings (SSSR count). The first kappa shape index (κ1) is 10.4. The smallest absolute Gasteiger partial charge is 0.223 e. The Bertz CT molecular complexity index is 537. The standard InChI is InChI=1S/C12H13FN4/c13-9-1-2-11-8(5-9)6-15-12(17-11)16-10-3-4-14-7-10/h1-2,5-6,10,14H,3-4,7H2,(H,15,16,17)/t10-/m1/s1. The Kier molecular flexibility index (Phi) is 2.60. The summed E-state index contributed by atoms with van der Waals surface area (Å²) in [4.78, 5) is 8.56. The number of hydrogen-bond acceptors (Lipinski definition) is 4. The minimum Gasteiger partial charge on any atom is -0.350 e. The monoisotopic (exact) mass is 232 g/mol. The maximum absolute atomic E-state index is 13.0. The molecule has 1 fully saturated rings. The first-order valence-electron chi connectivity index (χ1n) is 5.71. The Hall–Kier alpha value is -1.75. The van der Waals surface area contributed by atoms with Gasteiger partial charge >= 0.3 is 0 Å². The van der Waals surface area contributed by atoms with Crippen LogP contribution in [0.4, 0.5) is 10.3 Å². The predicted molar refractivity (Wildman–Crippen MR) is 64.4 cm³/mol. The van der Waals surface area contributed by atoms with Crippen molar-refractivity contribution in [3.63, 3.8) is 0 Å². The topological polar surface area (TPSA) is 49.8 Å². The van der Waals surface area contributed by atoms with Crippen LogP contribution in [0.2, 0.25) is 0 Å². The second-order valence-electron chi connectivity index (χ2n) is 4.23. The molecule has 1 aliphatic heterocycles. The molecule has 2 N–H and O–H groups in total. The van der Waals surface area contributed by atoms with Crippen molar-refractivity contribution in [2.24, 2.45) is 0 Å². The van der Waals surface area contributed by atoms with Crippen LogP contribution in [-0.2, 0) is 0 Å². The lowest BCUT2D eigenvalue weighted by Gasteiger charge is -2.11. The molecule has 0 radical (unpaired) electrons. The molecule has 1 atom stereocenters. The fourth-order valence-electron chi connectivity index (χ4n) is 2.03. The molecule has 1 saturated heterocycles. The number of halogens is 1. The molecule has 0 saturated carbocycles. The molecule has 0 aliphatic carbocycles. The molecule has 1 aromatic carbocycles. The molecule has 88 valence electrons. The summed E-state index contributed by atoms with van der Waals surface area (Å²) in [6.07, 6.45) is 2.72. The van der Waals surface area contributed by atoms with E-state index in [2.05, 4.69) is 20.6 Å². The van der Waals surface area contributed by atoms with Crippen molar-refractivity contribution < 1.29 is 4.39 Å². The average molecular weight is 232 g/mol. The third-order valence-electron chi connectivity index (χ3n) is 2.94. The van der Waals surface area contributed by atoms with Crippen LogP contribution < -0.4 is 10.6 Å². The first-order valence-corrected chi connectivity index (χ1v) is 5.71. The van der Waals surface area contributed by atoms with E-state index in [-0.39, 0.29) is 5.82 Å². The quantitative estimate of drug-likeness (QED) is 0.824. The number of anilines is 1. The van der Waals surface area contributed by atoms with Crippen molar-refractivity contribution in [3.8, 4) is 0 Å². The number of nitrogens with zero attached hydrogens (tertiary/aromatic N) is 2. The normalized spacial score (nSPS) is 19.7. The number of rotatable bonds is 2. The third kappa shape index (κ3) is 2.19. The van der Waals surface area contributed by atoms with Gasteiger partial charge in [-0.05, 0) is 31.2 Å². The van der Waals surface area contributed by atoms with E-state index in [0.29, 0.717) is 12.0 Å². The van der Waals surface area contributed by atoms with Gasteiger partial charge < -0.3 is 10.6 Å². The highest BCUT2D eigenvalue weighted by Crippen LogP contribution is 2.15. The molecule has 1 aliphatic rings. The predicted octanol–water partition coefficient (Wildman–Crippen LogP) is 1.54. The van der Waals surface area contributed by atoms with Gasteiger partial charge in [0.1, 0.15) is 5.82 Å². The summed E-state index contributed by atoms with van der Waals surface area (Å²) < 4.78 is 13.0. The van der Waals surface area contributed by atoms with Crippen molar-refractivity contribution in [1.82, 2.24) is 15.3 Å². The zero-order valence-corrected chi connectivity index (χ0v) is 9.28. The maximum atomic E-state index is 13.0. The summed E-state index contributed by atoms with van der Waals surface area (Å²) in [6, 6.07) is 4.91. The zero-order valence-electron chi connectivity index (χ0n) is 9.28. The molecule has 0 spiro atoms. The lowest BCUT2D eigenvalue weighted by atomic mass is 10.2. The fourth-order valence-corrected chi connectivity index (χ4v) is 2.03. The molecule has 0 bridgehead atoms. The van der Waals surface area contributed by atoms with Crippen LogP contribution in [0.3, 0.4) is 0 Å². The van der Waals surface area contributed by atoms with Gasteiger partial charge in [0.25, 0.3) is 0 Å². The van der Waals surface area contributed by atoms with Gasteiger partial charge in [0.05, 0.1) is 5.52 Å². The van der Waals surface area contributed by atoms with E-state index < -0.39 is 0 Å². The second-order valence-corrected chi connectivity index (χ2v) is 4.23. The van der Waals surface area contributed by atoms with E-state index in [9.17, 15) is 4.39 Å². The summed E-state index contributed by atoms with van der Waals surface area (Å²) in [6.45, 7) is 1.96. The van der Waals surface area contributed by atoms with Crippen LogP contribution in [0, 0.1) is 5.82 Å². The Morgan fingerprint density at radius 3 is 3.18 bits per heavy atom. The Morgan fingerprint density at radius 1 is 1.41 bits per heavy atom. The van der Waals surface area contributed by atoms with Crippen molar-refractivity contribution >= 4 is 16.9 Å². The lowest BCUT2D eigenvalue weighted by Crippen LogP contribution is -2.23. The van der Waals surface area contributed by atoms with E-state index in [4.69, 9.17) is 0 Å². The summed E-state index contributed by atoms with van der Waals surface area (Å²) in [5, 5.41) is 7.26. The molecule has 1 aromatic heterocycles. The van der Waals surface area contributed by atoms with E-state index >= 15 is 0 Å². The van der Waals surface area contributed by atoms with Gasteiger partial charge in [-0.3, -0.25) is 0 Å². The highest BCUT2D eigenvalue weighted by atomic mass is 19.1. The third-order valence-corrected chi connectivity index (χ3v) is 2.94. The Morgan fingerprint density at radius 2 is 2.35 bits per heavy atom. The van der Waals surface area contributed by atoms with Crippen molar-refractivity contribution in [3.05, 3.63) is 30.2 Å². The number of hydrogen-bond donors (Lipinski definition) is 2. The minimum absolute atomic E-state index is 0.262. The molecule has 4 nitrogen and oxygen atoms in total. The van der Waals surface area contributed by atoms with Crippen LogP contribution in [0.25, 0.3) is 10.9 Å². The van der Waals surface area contributed by atoms with Gasteiger partial charge in [0.15, 0.2) is 0 Å². The van der Waals surface area contributed by atoms with Gasteiger partial charge in [0, 0.05) is 24.2 Å². The molecule has 5 heteroatoms. The number of nitrogens with one attached hydrogen (secondary N) is 2. The van der Waals surface area contributed by atoms with Crippen LogP contribution in [0.5, 0.6) is 0 Å². The first-order chi connectivity index (χ1) is 8.31. The van der Waals surface area contributed by atoms with Gasteiger partial charge in [-0.1, -0.05) is 0 Å². The fraction of sp³-hybridized carbons (Fsp3) is 0.333. The number of aromatic nitrogens is 2. The van der Waals surface area contributed by atoms with Gasteiger partial charge in [0.2, 0.25) is 5.95 Å². The van der Waals surface area contributed by atoms with Crippen molar-refractivity contribution in [2.45, 2.75) is 12.5 Å². The molecular weight excluding hydrogens is 219 g/mol. The summed E-state index contributed by atoms with van der Waals surface area (Å²) >= 11 is 0. The van der Waals surface area contributed by atoms with E-state index in [0.717, 1.165) is 30.4 Å². The van der Waals surface area contributed by atoms with E-state index in [1.54, 1.807) is 12.3 Å². The molecule has 17 heavy (non-hydrogen) atoms. The van der Waals surface area contributed by atoms with Crippen LogP contribution in [0.1, 0.15) is 6.42 Å². The van der Waals surface area contributed by atoms with Gasteiger partial charge in [-0.15, -0.1) is 0 Å². The second kappa shape index (κ2) is 4.25. The van der Waals surface area contributed by atoms with Crippen molar-refractivity contribution in [2.75, 3.05) is 18.4 Å². The molecular formula is C12H13FN4. The van der Waals surface area contributed by atoms with Crippen molar-refractivity contribution in [1.29, 1.82) is 0 Å². The van der Waals surface area contributed by atoms with Crippen LogP contribution >= 0.6 is 0 Å². The SMILES string of the molecule is Fc1ccc2nc(N[C@@H]3CCNC3)ncc2c1. The summed E-state index contributed by atoms with van der Waals surface area (Å²) in [5.74, 6) is 0.347.